The number of imidazole rings is 1. The van der Waals surface area contributed by atoms with E-state index in [9.17, 15) is 0 Å². The predicted molar refractivity (Wildman–Crippen MR) is 97.7 cm³/mol. The molecular weight excluding hydrogens is 395 g/mol. The summed E-state index contributed by atoms with van der Waals surface area (Å²) in [7, 11) is 0. The van der Waals surface area contributed by atoms with E-state index in [-0.39, 0.29) is 0 Å². The molecule has 0 fully saturated rings. The van der Waals surface area contributed by atoms with Crippen molar-refractivity contribution in [1.82, 2.24) is 9.55 Å². The minimum absolute atomic E-state index is 0.575. The molecule has 0 saturated carbocycles. The van der Waals surface area contributed by atoms with Gasteiger partial charge in [-0.05, 0) is 66.3 Å². The highest BCUT2D eigenvalue weighted by atomic mass is 127. The molecule has 0 amide bonds. The lowest BCUT2D eigenvalue weighted by Gasteiger charge is -2.12. The molecule has 0 saturated heterocycles. The van der Waals surface area contributed by atoms with Gasteiger partial charge in [-0.1, -0.05) is 17.7 Å². The van der Waals surface area contributed by atoms with E-state index >= 15 is 0 Å². The Kier molecular flexibility index (Phi) is 4.22. The second kappa shape index (κ2) is 5.97. The van der Waals surface area contributed by atoms with Crippen LogP contribution in [0.5, 0.6) is 0 Å². The van der Waals surface area contributed by atoms with E-state index in [2.05, 4.69) is 77.4 Å². The summed E-state index contributed by atoms with van der Waals surface area (Å²) < 4.78 is 3.44. The van der Waals surface area contributed by atoms with Crippen LogP contribution in [0.15, 0.2) is 36.4 Å². The number of alkyl halides is 1. The minimum Gasteiger partial charge on any atom is -0.296 e. The van der Waals surface area contributed by atoms with Crippen LogP contribution >= 0.6 is 34.2 Å². The average molecular weight is 411 g/mol. The molecule has 1 aromatic heterocycles. The van der Waals surface area contributed by atoms with Gasteiger partial charge < -0.3 is 0 Å². The van der Waals surface area contributed by atoms with Crippen LogP contribution in [0.2, 0.25) is 0 Å². The fourth-order valence-corrected chi connectivity index (χ4v) is 3.32. The summed E-state index contributed by atoms with van der Waals surface area (Å²) >= 11 is 8.29. The first-order valence-electron chi connectivity index (χ1n) is 6.90. The number of rotatable bonds is 3. The number of aryl methyl sites for hydroxylation is 3. The highest BCUT2D eigenvalue weighted by molar-refractivity contribution is 14.1. The third-order valence-electron chi connectivity index (χ3n) is 3.60. The first-order valence-corrected chi connectivity index (χ1v) is 8.52. The smallest absolute Gasteiger partial charge is 0.115 e. The molecule has 0 radical (unpaired) electrons. The van der Waals surface area contributed by atoms with E-state index in [0.29, 0.717) is 5.88 Å². The Bertz CT molecular complexity index is 808. The van der Waals surface area contributed by atoms with Crippen LogP contribution in [-0.4, -0.2) is 15.4 Å². The molecule has 0 atom stereocenters. The quantitative estimate of drug-likeness (QED) is 0.437. The van der Waals surface area contributed by atoms with Gasteiger partial charge in [-0.2, -0.15) is 0 Å². The Morgan fingerprint density at radius 3 is 2.67 bits per heavy atom. The van der Waals surface area contributed by atoms with Gasteiger partial charge in [-0.25, -0.2) is 4.98 Å². The summed E-state index contributed by atoms with van der Waals surface area (Å²) in [4.78, 5) is 4.78. The lowest BCUT2D eigenvalue weighted by atomic mass is 10.1. The maximum Gasteiger partial charge on any atom is 0.115 e. The second-order valence-corrected chi connectivity index (χ2v) is 6.85. The summed E-state index contributed by atoms with van der Waals surface area (Å²) in [5, 5.41) is 0. The lowest BCUT2D eigenvalue weighted by Crippen LogP contribution is -2.04. The van der Waals surface area contributed by atoms with Crippen molar-refractivity contribution in [2.24, 2.45) is 0 Å². The third kappa shape index (κ3) is 2.81. The predicted octanol–water partition coefficient (Wildman–Crippen LogP) is 5.03. The largest absolute Gasteiger partial charge is 0.296 e. The first kappa shape index (κ1) is 14.9. The molecule has 1 heterocycles. The molecule has 0 aliphatic carbocycles. The Balaban J connectivity index is 2.30. The maximum absolute atomic E-state index is 5.96. The molecule has 21 heavy (non-hydrogen) atoms. The minimum atomic E-state index is 0.575. The molecule has 0 bridgehead atoms. The summed E-state index contributed by atoms with van der Waals surface area (Å²) in [6, 6.07) is 12.9. The summed E-state index contributed by atoms with van der Waals surface area (Å²) in [6.45, 7) is 4.26. The fraction of sp³-hybridized carbons (Fsp3) is 0.235. The van der Waals surface area contributed by atoms with Gasteiger partial charge in [-0.3, -0.25) is 4.57 Å². The maximum atomic E-state index is 5.96. The third-order valence-corrected chi connectivity index (χ3v) is 4.46. The SMILES string of the molecule is Cc1ccc(-n2c(CCCl)nc3cc(I)ccc32)c(C)c1. The van der Waals surface area contributed by atoms with Crippen molar-refractivity contribution in [3.63, 3.8) is 0 Å². The molecule has 2 aromatic carbocycles. The van der Waals surface area contributed by atoms with Crippen molar-refractivity contribution in [2.75, 3.05) is 5.88 Å². The van der Waals surface area contributed by atoms with Crippen LogP contribution in [0.3, 0.4) is 0 Å². The molecule has 0 N–H and O–H groups in total. The van der Waals surface area contributed by atoms with Gasteiger partial charge >= 0.3 is 0 Å². The Labute approximate surface area is 143 Å². The molecule has 0 aliphatic heterocycles. The Hall–Kier alpha value is -1.07. The Morgan fingerprint density at radius 2 is 1.95 bits per heavy atom. The summed E-state index contributed by atoms with van der Waals surface area (Å²) in [5.41, 5.74) is 5.88. The van der Waals surface area contributed by atoms with Crippen LogP contribution in [-0.2, 0) is 6.42 Å². The van der Waals surface area contributed by atoms with Gasteiger partial charge in [0.1, 0.15) is 5.82 Å². The zero-order valence-corrected chi connectivity index (χ0v) is 14.9. The highest BCUT2D eigenvalue weighted by Crippen LogP contribution is 2.26. The van der Waals surface area contributed by atoms with Crippen molar-refractivity contribution in [3.8, 4) is 5.69 Å². The monoisotopic (exact) mass is 410 g/mol. The lowest BCUT2D eigenvalue weighted by molar-refractivity contribution is 0.906. The molecule has 2 nitrogen and oxygen atoms in total. The number of benzene rings is 2. The van der Waals surface area contributed by atoms with Crippen molar-refractivity contribution >= 4 is 45.2 Å². The van der Waals surface area contributed by atoms with Gasteiger partial charge in [0.15, 0.2) is 0 Å². The molecule has 0 spiro atoms. The van der Waals surface area contributed by atoms with E-state index in [4.69, 9.17) is 16.6 Å². The molecule has 3 rings (SSSR count). The zero-order chi connectivity index (χ0) is 15.0. The molecule has 108 valence electrons. The topological polar surface area (TPSA) is 17.8 Å². The van der Waals surface area contributed by atoms with Gasteiger partial charge in [0, 0.05) is 15.9 Å². The van der Waals surface area contributed by atoms with Crippen LogP contribution in [0.25, 0.3) is 16.7 Å². The van der Waals surface area contributed by atoms with E-state index in [1.165, 1.54) is 20.4 Å². The van der Waals surface area contributed by atoms with Crippen LogP contribution in [0.4, 0.5) is 0 Å². The average Bonchev–Trinajstić information content (AvgIpc) is 2.76. The van der Waals surface area contributed by atoms with E-state index < -0.39 is 0 Å². The summed E-state index contributed by atoms with van der Waals surface area (Å²) in [5.74, 6) is 1.60. The van der Waals surface area contributed by atoms with E-state index in [0.717, 1.165) is 23.3 Å². The fourth-order valence-electron chi connectivity index (χ4n) is 2.68. The van der Waals surface area contributed by atoms with Gasteiger partial charge in [-0.15, -0.1) is 11.6 Å². The summed E-state index contributed by atoms with van der Waals surface area (Å²) in [6.07, 6.45) is 0.764. The van der Waals surface area contributed by atoms with Gasteiger partial charge in [0.25, 0.3) is 0 Å². The zero-order valence-electron chi connectivity index (χ0n) is 12.0. The molecule has 0 unspecified atom stereocenters. The van der Waals surface area contributed by atoms with Crippen LogP contribution in [0.1, 0.15) is 17.0 Å². The second-order valence-electron chi connectivity index (χ2n) is 5.23. The standard InChI is InChI=1S/C17H16ClIN2/c1-11-3-5-15(12(2)9-11)21-16-6-4-13(19)10-14(16)20-17(21)7-8-18/h3-6,9-10H,7-8H2,1-2H3. The number of fused-ring (bicyclic) bond motifs is 1. The van der Waals surface area contributed by atoms with Crippen LogP contribution < -0.4 is 0 Å². The van der Waals surface area contributed by atoms with Gasteiger partial charge in [0.2, 0.25) is 0 Å². The molecule has 0 aliphatic rings. The van der Waals surface area contributed by atoms with Crippen molar-refractivity contribution in [1.29, 1.82) is 0 Å². The van der Waals surface area contributed by atoms with Crippen molar-refractivity contribution in [2.45, 2.75) is 20.3 Å². The van der Waals surface area contributed by atoms with Crippen molar-refractivity contribution in [3.05, 3.63) is 56.9 Å². The Morgan fingerprint density at radius 1 is 1.14 bits per heavy atom. The number of hydrogen-bond donors (Lipinski definition) is 0. The first-order chi connectivity index (χ1) is 10.1. The van der Waals surface area contributed by atoms with Crippen LogP contribution in [0, 0.1) is 17.4 Å². The molecule has 4 heteroatoms. The van der Waals surface area contributed by atoms with E-state index in [1.807, 2.05) is 0 Å². The number of aromatic nitrogens is 2. The normalized spacial score (nSPS) is 11.2. The van der Waals surface area contributed by atoms with Gasteiger partial charge in [0.05, 0.1) is 16.7 Å². The van der Waals surface area contributed by atoms with Crippen molar-refractivity contribution < 1.29 is 0 Å². The number of hydrogen-bond acceptors (Lipinski definition) is 1. The molecular formula is C17H16ClIN2. The number of nitrogens with zero attached hydrogens (tertiary/aromatic N) is 2. The molecule has 3 aromatic rings. The van der Waals surface area contributed by atoms with E-state index in [1.54, 1.807) is 0 Å². The number of halogens is 2. The highest BCUT2D eigenvalue weighted by Gasteiger charge is 2.13.